The van der Waals surface area contributed by atoms with Gasteiger partial charge in [-0.1, -0.05) is 36.2 Å². The number of likely N-dealkylation sites (tertiary alicyclic amines) is 1. The molecule has 1 aromatic carbocycles. The van der Waals surface area contributed by atoms with E-state index in [0.29, 0.717) is 18.7 Å². The molecule has 0 aromatic heterocycles. The summed E-state index contributed by atoms with van der Waals surface area (Å²) in [4.78, 5) is 29.4. The van der Waals surface area contributed by atoms with Gasteiger partial charge in [0.05, 0.1) is 18.2 Å². The zero-order valence-corrected chi connectivity index (χ0v) is 16.5. The van der Waals surface area contributed by atoms with Crippen LogP contribution in [-0.2, 0) is 9.53 Å². The number of carbonyl (C=O) groups excluding carboxylic acids is 2. The molecule has 0 bridgehead atoms. The molecule has 0 spiro atoms. The van der Waals surface area contributed by atoms with Gasteiger partial charge >= 0.3 is 12.0 Å². The summed E-state index contributed by atoms with van der Waals surface area (Å²) in [5.41, 5.74) is 3.26. The molecule has 0 aliphatic carbocycles. The van der Waals surface area contributed by atoms with Crippen LogP contribution in [0, 0.1) is 6.92 Å². The van der Waals surface area contributed by atoms with Gasteiger partial charge in [0.2, 0.25) is 0 Å². The van der Waals surface area contributed by atoms with Crippen LogP contribution in [-0.4, -0.2) is 55.1 Å². The zero-order valence-electron chi connectivity index (χ0n) is 16.5. The molecule has 3 rings (SSSR count). The van der Waals surface area contributed by atoms with E-state index in [1.165, 1.54) is 6.42 Å². The van der Waals surface area contributed by atoms with Gasteiger partial charge in [0.15, 0.2) is 0 Å². The molecule has 2 heterocycles. The molecule has 1 aromatic rings. The number of rotatable bonds is 5. The molecule has 2 aliphatic heterocycles. The topological polar surface area (TPSA) is 61.9 Å². The lowest BCUT2D eigenvalue weighted by atomic mass is 9.93. The van der Waals surface area contributed by atoms with Gasteiger partial charge in [0.1, 0.15) is 0 Å². The first-order valence-electron chi connectivity index (χ1n) is 9.74. The molecule has 0 unspecified atom stereocenters. The van der Waals surface area contributed by atoms with Gasteiger partial charge in [-0.25, -0.2) is 9.59 Å². The first-order valence-corrected chi connectivity index (χ1v) is 9.74. The molecule has 6 nitrogen and oxygen atoms in total. The van der Waals surface area contributed by atoms with Crippen LogP contribution in [0.5, 0.6) is 0 Å². The van der Waals surface area contributed by atoms with E-state index in [2.05, 4.69) is 10.2 Å². The van der Waals surface area contributed by atoms with Crippen molar-refractivity contribution in [3.63, 3.8) is 0 Å². The number of nitrogens with one attached hydrogen (secondary N) is 1. The molecule has 0 radical (unpaired) electrons. The number of benzene rings is 1. The second-order valence-corrected chi connectivity index (χ2v) is 7.27. The summed E-state index contributed by atoms with van der Waals surface area (Å²) in [5, 5.41) is 2.98. The van der Waals surface area contributed by atoms with E-state index in [1.807, 2.05) is 31.2 Å². The summed E-state index contributed by atoms with van der Waals surface area (Å²) in [6.07, 6.45) is 3.54. The van der Waals surface area contributed by atoms with Gasteiger partial charge in [-0.05, 0) is 45.3 Å². The molecule has 2 aliphatic rings. The number of aryl methyl sites for hydroxylation is 1. The summed E-state index contributed by atoms with van der Waals surface area (Å²) in [7, 11) is 1.72. The van der Waals surface area contributed by atoms with Gasteiger partial charge < -0.3 is 10.1 Å². The standard InChI is InChI=1S/C21H29N3O3/c1-4-27-20(25)18-17(14-24-11-6-5-7-12-24)23(3)21(26)22-19(18)16-10-8-9-15(2)13-16/h8-10,13,19H,4-7,11-12,14H2,1-3H3,(H,22,26)/t19-/m0/s1. The summed E-state index contributed by atoms with van der Waals surface area (Å²) < 4.78 is 5.37. The van der Waals surface area contributed by atoms with Crippen molar-refractivity contribution >= 4 is 12.0 Å². The lowest BCUT2D eigenvalue weighted by Gasteiger charge is -2.37. The molecule has 1 N–H and O–H groups in total. The maximum Gasteiger partial charge on any atom is 0.338 e. The third-order valence-corrected chi connectivity index (χ3v) is 5.27. The molecular formula is C21H29N3O3. The van der Waals surface area contributed by atoms with Gasteiger partial charge in [-0.3, -0.25) is 9.80 Å². The second-order valence-electron chi connectivity index (χ2n) is 7.27. The van der Waals surface area contributed by atoms with E-state index in [0.717, 1.165) is 42.8 Å². The van der Waals surface area contributed by atoms with Crippen molar-refractivity contribution in [2.45, 2.75) is 39.2 Å². The fraction of sp³-hybridized carbons (Fsp3) is 0.524. The normalized spacial score (nSPS) is 21.2. The Labute approximate surface area is 161 Å². The van der Waals surface area contributed by atoms with Crippen molar-refractivity contribution in [3.8, 4) is 0 Å². The Morgan fingerprint density at radius 1 is 1.26 bits per heavy atom. The van der Waals surface area contributed by atoms with Crippen molar-refractivity contribution in [2.75, 3.05) is 33.3 Å². The highest BCUT2D eigenvalue weighted by atomic mass is 16.5. The third-order valence-electron chi connectivity index (χ3n) is 5.27. The highest BCUT2D eigenvalue weighted by Gasteiger charge is 2.37. The highest BCUT2D eigenvalue weighted by Crippen LogP contribution is 2.32. The first kappa shape index (κ1) is 19.4. The predicted molar refractivity (Wildman–Crippen MR) is 104 cm³/mol. The molecule has 1 saturated heterocycles. The lowest BCUT2D eigenvalue weighted by Crippen LogP contribution is -2.49. The Morgan fingerprint density at radius 2 is 2.00 bits per heavy atom. The summed E-state index contributed by atoms with van der Waals surface area (Å²) in [6, 6.07) is 7.22. The number of carbonyl (C=O) groups is 2. The Bertz CT molecular complexity index is 738. The largest absolute Gasteiger partial charge is 0.463 e. The number of urea groups is 1. The predicted octanol–water partition coefficient (Wildman–Crippen LogP) is 2.99. The Morgan fingerprint density at radius 3 is 2.67 bits per heavy atom. The smallest absolute Gasteiger partial charge is 0.338 e. The quantitative estimate of drug-likeness (QED) is 0.809. The van der Waals surface area contributed by atoms with E-state index in [1.54, 1.807) is 18.9 Å². The van der Waals surface area contributed by atoms with E-state index in [4.69, 9.17) is 4.74 Å². The summed E-state index contributed by atoms with van der Waals surface area (Å²) >= 11 is 0. The number of amides is 2. The second kappa shape index (κ2) is 8.57. The number of nitrogens with zero attached hydrogens (tertiary/aromatic N) is 2. The molecule has 6 heteroatoms. The van der Waals surface area contributed by atoms with Crippen molar-refractivity contribution in [1.82, 2.24) is 15.1 Å². The summed E-state index contributed by atoms with van der Waals surface area (Å²) in [6.45, 7) is 6.67. The van der Waals surface area contributed by atoms with E-state index in [9.17, 15) is 9.59 Å². The number of likely N-dealkylation sites (N-methyl/N-ethyl adjacent to an activating group) is 1. The van der Waals surface area contributed by atoms with Crippen molar-refractivity contribution < 1.29 is 14.3 Å². The molecule has 146 valence electrons. The number of hydrogen-bond acceptors (Lipinski definition) is 4. The molecule has 0 saturated carbocycles. The van der Waals surface area contributed by atoms with Crippen LogP contribution in [0.25, 0.3) is 0 Å². The fourth-order valence-electron chi connectivity index (χ4n) is 3.83. The van der Waals surface area contributed by atoms with Crippen molar-refractivity contribution in [1.29, 1.82) is 0 Å². The maximum atomic E-state index is 12.9. The number of hydrogen-bond donors (Lipinski definition) is 1. The molecule has 1 fully saturated rings. The molecule has 27 heavy (non-hydrogen) atoms. The molecular weight excluding hydrogens is 342 g/mol. The average Bonchev–Trinajstić information content (AvgIpc) is 2.66. The molecule has 1 atom stereocenters. The maximum absolute atomic E-state index is 12.9. The van der Waals surface area contributed by atoms with E-state index < -0.39 is 6.04 Å². The van der Waals surface area contributed by atoms with Crippen LogP contribution in [0.3, 0.4) is 0 Å². The van der Waals surface area contributed by atoms with Crippen molar-refractivity contribution in [2.24, 2.45) is 0 Å². The van der Waals surface area contributed by atoms with Crippen LogP contribution < -0.4 is 5.32 Å². The number of piperidine rings is 1. The van der Waals surface area contributed by atoms with Gasteiger partial charge in [0, 0.05) is 19.3 Å². The number of ether oxygens (including phenoxy) is 1. The highest BCUT2D eigenvalue weighted by molar-refractivity contribution is 5.95. The minimum atomic E-state index is -0.493. The first-order chi connectivity index (χ1) is 13.0. The monoisotopic (exact) mass is 371 g/mol. The SMILES string of the molecule is CCOC(=O)C1=C(CN2CCCCC2)N(C)C(=O)N[C@H]1c1cccc(C)c1. The minimum absolute atomic E-state index is 0.193. The van der Waals surface area contributed by atoms with Crippen molar-refractivity contribution in [3.05, 3.63) is 46.7 Å². The van der Waals surface area contributed by atoms with Gasteiger partial charge in [-0.15, -0.1) is 0 Å². The van der Waals surface area contributed by atoms with Crippen LogP contribution in [0.2, 0.25) is 0 Å². The fourth-order valence-corrected chi connectivity index (χ4v) is 3.83. The third kappa shape index (κ3) is 4.33. The Kier molecular flexibility index (Phi) is 6.16. The van der Waals surface area contributed by atoms with E-state index >= 15 is 0 Å². The summed E-state index contributed by atoms with van der Waals surface area (Å²) in [5.74, 6) is -0.358. The van der Waals surface area contributed by atoms with Gasteiger partial charge in [-0.2, -0.15) is 0 Å². The van der Waals surface area contributed by atoms with Gasteiger partial charge in [0.25, 0.3) is 0 Å². The van der Waals surface area contributed by atoms with E-state index in [-0.39, 0.29) is 12.0 Å². The lowest BCUT2D eigenvalue weighted by molar-refractivity contribution is -0.139. The Balaban J connectivity index is 2.04. The van der Waals surface area contributed by atoms with Crippen LogP contribution in [0.4, 0.5) is 4.79 Å². The number of esters is 1. The van der Waals surface area contributed by atoms with Crippen LogP contribution >= 0.6 is 0 Å². The minimum Gasteiger partial charge on any atom is -0.463 e. The van der Waals surface area contributed by atoms with Crippen LogP contribution in [0.1, 0.15) is 43.4 Å². The molecule has 2 amide bonds. The average molecular weight is 371 g/mol. The zero-order chi connectivity index (χ0) is 19.4. The Hall–Kier alpha value is -2.34. The van der Waals surface area contributed by atoms with Crippen LogP contribution in [0.15, 0.2) is 35.5 Å².